The Bertz CT molecular complexity index is 511. The lowest BCUT2D eigenvalue weighted by atomic mass is 10.1. The van der Waals surface area contributed by atoms with Gasteiger partial charge in [0, 0.05) is 23.8 Å². The Kier molecular flexibility index (Phi) is 3.74. The number of carbonyl (C=O) groups excluding carboxylic acids is 2. The number of nitrogens with two attached hydrogens (primary N) is 1. The first-order chi connectivity index (χ1) is 8.99. The van der Waals surface area contributed by atoms with Gasteiger partial charge in [0.25, 0.3) is 5.91 Å². The van der Waals surface area contributed by atoms with Gasteiger partial charge >= 0.3 is 0 Å². The molecule has 2 rings (SSSR count). The third kappa shape index (κ3) is 2.86. The number of carbonyl (C=O) groups is 2. The Morgan fingerprint density at radius 3 is 2.79 bits per heavy atom. The van der Waals surface area contributed by atoms with Gasteiger partial charge in [-0.3, -0.25) is 9.59 Å². The molecule has 1 aromatic carbocycles. The summed E-state index contributed by atoms with van der Waals surface area (Å²) in [7, 11) is 0. The van der Waals surface area contributed by atoms with Crippen molar-refractivity contribution in [2.24, 2.45) is 5.73 Å². The van der Waals surface area contributed by atoms with Crippen molar-refractivity contribution in [1.29, 1.82) is 0 Å². The third-order valence-electron chi connectivity index (χ3n) is 3.27. The van der Waals surface area contributed by atoms with Crippen LogP contribution in [-0.2, 0) is 11.2 Å². The van der Waals surface area contributed by atoms with Gasteiger partial charge in [-0.05, 0) is 44.0 Å². The summed E-state index contributed by atoms with van der Waals surface area (Å²) in [6.45, 7) is 4.60. The lowest BCUT2D eigenvalue weighted by Gasteiger charge is -2.25. The number of hydrogen-bond donors (Lipinski definition) is 2. The van der Waals surface area contributed by atoms with Gasteiger partial charge in [0.15, 0.2) is 0 Å². The minimum atomic E-state index is -0.495. The average Bonchev–Trinajstić information content (AvgIpc) is 2.81. The molecule has 0 aliphatic carbocycles. The maximum atomic E-state index is 12.4. The molecular formula is C14H19N3O2. The van der Waals surface area contributed by atoms with Crippen LogP contribution >= 0.6 is 0 Å². The van der Waals surface area contributed by atoms with Crippen LogP contribution in [0.5, 0.6) is 0 Å². The van der Waals surface area contributed by atoms with E-state index in [0.717, 1.165) is 24.2 Å². The van der Waals surface area contributed by atoms with Crippen LogP contribution in [0, 0.1) is 0 Å². The van der Waals surface area contributed by atoms with Crippen molar-refractivity contribution in [3.05, 3.63) is 29.3 Å². The molecular weight excluding hydrogens is 242 g/mol. The van der Waals surface area contributed by atoms with Crippen molar-refractivity contribution < 1.29 is 9.59 Å². The van der Waals surface area contributed by atoms with Gasteiger partial charge in [0.05, 0.1) is 6.54 Å². The van der Waals surface area contributed by atoms with Gasteiger partial charge in [-0.25, -0.2) is 0 Å². The number of amides is 2. The highest BCUT2D eigenvalue weighted by atomic mass is 16.2. The van der Waals surface area contributed by atoms with Gasteiger partial charge in [0.1, 0.15) is 0 Å². The summed E-state index contributed by atoms with van der Waals surface area (Å²) < 4.78 is 0. The quantitative estimate of drug-likeness (QED) is 0.848. The van der Waals surface area contributed by atoms with Crippen molar-refractivity contribution >= 4 is 17.5 Å². The second-order valence-electron chi connectivity index (χ2n) is 5.04. The van der Waals surface area contributed by atoms with E-state index >= 15 is 0 Å². The number of fused-ring (bicyclic) bond motifs is 1. The van der Waals surface area contributed by atoms with Crippen molar-refractivity contribution in [2.45, 2.75) is 26.3 Å². The van der Waals surface area contributed by atoms with E-state index in [1.165, 1.54) is 4.90 Å². The summed E-state index contributed by atoms with van der Waals surface area (Å²) >= 11 is 0. The van der Waals surface area contributed by atoms with Crippen LogP contribution in [0.1, 0.15) is 29.8 Å². The molecule has 0 bridgehead atoms. The predicted octanol–water partition coefficient (Wildman–Crippen LogP) is 0.990. The third-order valence-corrected chi connectivity index (χ3v) is 3.27. The van der Waals surface area contributed by atoms with E-state index in [-0.39, 0.29) is 18.5 Å². The Balaban J connectivity index is 2.24. The fraction of sp³-hybridized carbons (Fsp3) is 0.429. The minimum Gasteiger partial charge on any atom is -0.384 e. The van der Waals surface area contributed by atoms with E-state index in [1.54, 1.807) is 6.07 Å². The van der Waals surface area contributed by atoms with Crippen LogP contribution in [0.3, 0.4) is 0 Å². The molecule has 0 saturated heterocycles. The standard InChI is InChI=1S/C14H19N3O2/c1-9(2)17(8-13(15)18)14(19)11-3-4-12-10(7-11)5-6-16-12/h3-4,7,9,16H,5-6,8H2,1-2H3,(H2,15,18). The molecule has 1 aliphatic rings. The fourth-order valence-corrected chi connectivity index (χ4v) is 2.26. The molecule has 1 aromatic rings. The number of primary amides is 1. The molecule has 1 aliphatic heterocycles. The summed E-state index contributed by atoms with van der Waals surface area (Å²) in [6.07, 6.45) is 0.925. The summed E-state index contributed by atoms with van der Waals surface area (Å²) in [4.78, 5) is 25.0. The summed E-state index contributed by atoms with van der Waals surface area (Å²) in [5.41, 5.74) is 8.04. The first-order valence-electron chi connectivity index (χ1n) is 6.45. The normalized spacial score (nSPS) is 13.0. The van der Waals surface area contributed by atoms with Gasteiger partial charge in [-0.1, -0.05) is 0 Å². The monoisotopic (exact) mass is 261 g/mol. The number of anilines is 1. The molecule has 0 spiro atoms. The van der Waals surface area contributed by atoms with Gasteiger partial charge in [0.2, 0.25) is 5.91 Å². The molecule has 0 radical (unpaired) electrons. The molecule has 0 fully saturated rings. The zero-order valence-electron chi connectivity index (χ0n) is 11.3. The molecule has 0 aromatic heterocycles. The maximum absolute atomic E-state index is 12.4. The summed E-state index contributed by atoms with van der Waals surface area (Å²) in [5, 5.41) is 3.25. The SMILES string of the molecule is CC(C)N(CC(N)=O)C(=O)c1ccc2c(c1)CCN2. The largest absolute Gasteiger partial charge is 0.384 e. The van der Waals surface area contributed by atoms with Crippen molar-refractivity contribution in [3.8, 4) is 0 Å². The van der Waals surface area contributed by atoms with Gasteiger partial charge in [-0.2, -0.15) is 0 Å². The number of nitrogens with one attached hydrogen (secondary N) is 1. The lowest BCUT2D eigenvalue weighted by molar-refractivity contribution is -0.119. The van der Waals surface area contributed by atoms with E-state index < -0.39 is 5.91 Å². The molecule has 1 heterocycles. The van der Waals surface area contributed by atoms with E-state index in [1.807, 2.05) is 26.0 Å². The molecule has 5 nitrogen and oxygen atoms in total. The molecule has 0 unspecified atom stereocenters. The first kappa shape index (κ1) is 13.4. The van der Waals surface area contributed by atoms with Gasteiger partial charge < -0.3 is 16.0 Å². The van der Waals surface area contributed by atoms with Crippen molar-refractivity contribution in [2.75, 3.05) is 18.4 Å². The van der Waals surface area contributed by atoms with E-state index in [0.29, 0.717) is 5.56 Å². The maximum Gasteiger partial charge on any atom is 0.254 e. The minimum absolute atomic E-state index is 0.0498. The number of benzene rings is 1. The summed E-state index contributed by atoms with van der Waals surface area (Å²) in [6, 6.07) is 5.54. The highest BCUT2D eigenvalue weighted by Crippen LogP contribution is 2.23. The Morgan fingerprint density at radius 2 is 2.16 bits per heavy atom. The summed E-state index contributed by atoms with van der Waals surface area (Å²) in [5.74, 6) is -0.645. The molecule has 3 N–H and O–H groups in total. The second kappa shape index (κ2) is 5.30. The van der Waals surface area contributed by atoms with Crippen LogP contribution in [0.25, 0.3) is 0 Å². The highest BCUT2D eigenvalue weighted by Gasteiger charge is 2.22. The van der Waals surface area contributed by atoms with Gasteiger partial charge in [-0.15, -0.1) is 0 Å². The first-order valence-corrected chi connectivity index (χ1v) is 6.45. The van der Waals surface area contributed by atoms with Crippen LogP contribution in [0.4, 0.5) is 5.69 Å². The van der Waals surface area contributed by atoms with Crippen LogP contribution in [-0.4, -0.2) is 35.8 Å². The molecule has 5 heteroatoms. The van der Waals surface area contributed by atoms with Crippen molar-refractivity contribution in [3.63, 3.8) is 0 Å². The zero-order valence-corrected chi connectivity index (χ0v) is 11.3. The second-order valence-corrected chi connectivity index (χ2v) is 5.04. The van der Waals surface area contributed by atoms with Crippen LogP contribution in [0.2, 0.25) is 0 Å². The van der Waals surface area contributed by atoms with E-state index in [9.17, 15) is 9.59 Å². The van der Waals surface area contributed by atoms with Crippen LogP contribution < -0.4 is 11.1 Å². The van der Waals surface area contributed by atoms with E-state index in [2.05, 4.69) is 5.32 Å². The topological polar surface area (TPSA) is 75.4 Å². The Hall–Kier alpha value is -2.04. The molecule has 2 amide bonds. The molecule has 0 saturated carbocycles. The number of rotatable bonds is 4. The highest BCUT2D eigenvalue weighted by molar-refractivity contribution is 5.97. The number of nitrogens with zero attached hydrogens (tertiary/aromatic N) is 1. The smallest absolute Gasteiger partial charge is 0.254 e. The Labute approximate surface area is 112 Å². The molecule has 19 heavy (non-hydrogen) atoms. The number of hydrogen-bond acceptors (Lipinski definition) is 3. The molecule has 102 valence electrons. The lowest BCUT2D eigenvalue weighted by Crippen LogP contribution is -2.42. The average molecular weight is 261 g/mol. The van der Waals surface area contributed by atoms with Crippen molar-refractivity contribution in [1.82, 2.24) is 4.90 Å². The predicted molar refractivity (Wildman–Crippen MR) is 74.0 cm³/mol. The zero-order chi connectivity index (χ0) is 14.0. The van der Waals surface area contributed by atoms with E-state index in [4.69, 9.17) is 5.73 Å². The Morgan fingerprint density at radius 1 is 1.42 bits per heavy atom. The molecule has 0 atom stereocenters. The fourth-order valence-electron chi connectivity index (χ4n) is 2.26. The van der Waals surface area contributed by atoms with Crippen LogP contribution in [0.15, 0.2) is 18.2 Å².